The normalized spacial score (nSPS) is 15.6. The predicted octanol–water partition coefficient (Wildman–Crippen LogP) is 3.52. The van der Waals surface area contributed by atoms with Crippen LogP contribution in [-0.2, 0) is 6.54 Å². The third-order valence-electron chi connectivity index (χ3n) is 4.00. The van der Waals surface area contributed by atoms with Crippen molar-refractivity contribution in [3.63, 3.8) is 0 Å². The summed E-state index contributed by atoms with van der Waals surface area (Å²) in [5.74, 6) is 1.87. The Morgan fingerprint density at radius 3 is 2.76 bits per heavy atom. The molecule has 1 aromatic heterocycles. The van der Waals surface area contributed by atoms with E-state index in [4.69, 9.17) is 9.26 Å². The Morgan fingerprint density at radius 2 is 2.12 bits per heavy atom. The van der Waals surface area contributed by atoms with E-state index in [0.29, 0.717) is 6.54 Å². The van der Waals surface area contributed by atoms with Gasteiger partial charge in [-0.1, -0.05) is 17.3 Å². The zero-order valence-electron chi connectivity index (χ0n) is 14.0. The van der Waals surface area contributed by atoms with Crippen LogP contribution in [0.15, 0.2) is 46.1 Å². The van der Waals surface area contributed by atoms with Crippen LogP contribution in [0.1, 0.15) is 18.5 Å². The summed E-state index contributed by atoms with van der Waals surface area (Å²) >= 11 is 2.32. The highest BCUT2D eigenvalue weighted by atomic mass is 127. The van der Waals surface area contributed by atoms with Crippen LogP contribution in [-0.4, -0.2) is 42.3 Å². The van der Waals surface area contributed by atoms with Crippen LogP contribution in [0.4, 0.5) is 0 Å². The molecule has 8 heteroatoms. The predicted molar refractivity (Wildman–Crippen MR) is 116 cm³/mol. The molecular weight excluding hydrogens is 546 g/mol. The van der Waals surface area contributed by atoms with Gasteiger partial charge in [0.2, 0.25) is 0 Å². The minimum Gasteiger partial charge on any atom is -0.489 e. The minimum absolute atomic E-state index is 0. The van der Waals surface area contributed by atoms with Crippen molar-refractivity contribution in [2.75, 3.05) is 20.1 Å². The van der Waals surface area contributed by atoms with Crippen molar-refractivity contribution in [1.82, 2.24) is 15.4 Å². The van der Waals surface area contributed by atoms with E-state index in [0.717, 1.165) is 46.9 Å². The number of guanidine groups is 1. The third-order valence-corrected chi connectivity index (χ3v) is 4.89. The monoisotopic (exact) mass is 568 g/mol. The summed E-state index contributed by atoms with van der Waals surface area (Å²) in [5.41, 5.74) is 0.869. The maximum atomic E-state index is 6.15. The molecule has 1 N–H and O–H groups in total. The zero-order chi connectivity index (χ0) is 16.8. The van der Waals surface area contributed by atoms with Crippen LogP contribution in [0.25, 0.3) is 0 Å². The molecule has 1 saturated heterocycles. The van der Waals surface area contributed by atoms with Gasteiger partial charge in [-0.15, -0.1) is 24.0 Å². The molecule has 0 amide bonds. The van der Waals surface area contributed by atoms with Crippen LogP contribution in [0, 0.1) is 3.57 Å². The van der Waals surface area contributed by atoms with Crippen LogP contribution in [0.2, 0.25) is 0 Å². The Morgan fingerprint density at radius 1 is 1.36 bits per heavy atom. The third kappa shape index (κ3) is 5.73. The molecule has 0 atom stereocenters. The molecule has 0 radical (unpaired) electrons. The molecule has 0 bridgehead atoms. The van der Waals surface area contributed by atoms with Crippen molar-refractivity contribution in [3.05, 3.63) is 45.9 Å². The van der Waals surface area contributed by atoms with Gasteiger partial charge in [0.1, 0.15) is 23.8 Å². The lowest BCUT2D eigenvalue weighted by molar-refractivity contribution is 0.128. The molecule has 0 unspecified atom stereocenters. The molecule has 3 rings (SSSR count). The molecule has 136 valence electrons. The molecular formula is C17H22I2N4O2. The Kier molecular flexibility index (Phi) is 8.27. The number of benzene rings is 1. The van der Waals surface area contributed by atoms with Gasteiger partial charge in [-0.05, 0) is 34.7 Å². The van der Waals surface area contributed by atoms with Crippen molar-refractivity contribution in [2.24, 2.45) is 4.99 Å². The Hall–Kier alpha value is -1.04. The van der Waals surface area contributed by atoms with E-state index < -0.39 is 0 Å². The largest absolute Gasteiger partial charge is 0.489 e. The first-order chi connectivity index (χ1) is 11.8. The molecule has 6 nitrogen and oxygen atoms in total. The number of para-hydroxylation sites is 1. The highest BCUT2D eigenvalue weighted by molar-refractivity contribution is 14.1. The van der Waals surface area contributed by atoms with Gasteiger partial charge in [0.15, 0.2) is 5.96 Å². The number of piperidine rings is 1. The molecule has 0 saturated carbocycles. The summed E-state index contributed by atoms with van der Waals surface area (Å²) in [6.07, 6.45) is 3.80. The van der Waals surface area contributed by atoms with Gasteiger partial charge in [0.25, 0.3) is 0 Å². The molecule has 2 aromatic rings. The first kappa shape index (κ1) is 20.3. The summed E-state index contributed by atoms with van der Waals surface area (Å²) in [7, 11) is 1.81. The number of aromatic nitrogens is 1. The van der Waals surface area contributed by atoms with E-state index in [1.54, 1.807) is 13.3 Å². The average molecular weight is 568 g/mol. The average Bonchev–Trinajstić information content (AvgIpc) is 3.12. The Balaban J connectivity index is 0.00000225. The standard InChI is InChI=1S/C17H21IN4O2.HI/c1-19-17(20-12-13-8-11-23-21-13)22-9-6-14(7-10-22)24-16-5-3-2-4-15(16)18;/h2-5,8,11,14H,6-7,9-10,12H2,1H3,(H,19,20);1H. The van der Waals surface area contributed by atoms with Gasteiger partial charge in [-0.3, -0.25) is 4.99 Å². The van der Waals surface area contributed by atoms with Gasteiger partial charge in [0, 0.05) is 39.0 Å². The number of hydrogen-bond donors (Lipinski definition) is 1. The highest BCUT2D eigenvalue weighted by Crippen LogP contribution is 2.24. The number of aliphatic imine (C=N–C) groups is 1. The lowest BCUT2D eigenvalue weighted by atomic mass is 10.1. The van der Waals surface area contributed by atoms with Gasteiger partial charge in [0.05, 0.1) is 10.1 Å². The molecule has 2 heterocycles. The quantitative estimate of drug-likeness (QED) is 0.348. The number of halogens is 2. The van der Waals surface area contributed by atoms with Gasteiger partial charge in [-0.25, -0.2) is 0 Å². The minimum atomic E-state index is 0. The molecule has 1 aromatic carbocycles. The van der Waals surface area contributed by atoms with Gasteiger partial charge in [-0.2, -0.15) is 0 Å². The van der Waals surface area contributed by atoms with Crippen molar-refractivity contribution in [2.45, 2.75) is 25.5 Å². The van der Waals surface area contributed by atoms with Crippen LogP contribution in [0.3, 0.4) is 0 Å². The molecule has 1 fully saturated rings. The molecule has 0 spiro atoms. The van der Waals surface area contributed by atoms with E-state index >= 15 is 0 Å². The molecule has 25 heavy (non-hydrogen) atoms. The van der Waals surface area contributed by atoms with Crippen LogP contribution < -0.4 is 10.1 Å². The second-order valence-electron chi connectivity index (χ2n) is 5.63. The molecule has 1 aliphatic rings. The summed E-state index contributed by atoms with van der Waals surface area (Å²) in [5, 5.41) is 7.23. The van der Waals surface area contributed by atoms with E-state index in [-0.39, 0.29) is 30.1 Å². The second-order valence-corrected chi connectivity index (χ2v) is 6.79. The van der Waals surface area contributed by atoms with E-state index in [1.165, 1.54) is 0 Å². The fourth-order valence-electron chi connectivity index (χ4n) is 2.74. The second kappa shape index (κ2) is 10.2. The number of ether oxygens (including phenoxy) is 1. The van der Waals surface area contributed by atoms with Gasteiger partial charge < -0.3 is 19.5 Å². The van der Waals surface area contributed by atoms with E-state index in [2.05, 4.69) is 49.0 Å². The Labute approximate surface area is 178 Å². The van der Waals surface area contributed by atoms with Crippen molar-refractivity contribution in [1.29, 1.82) is 0 Å². The topological polar surface area (TPSA) is 62.9 Å². The van der Waals surface area contributed by atoms with Gasteiger partial charge >= 0.3 is 0 Å². The van der Waals surface area contributed by atoms with Crippen LogP contribution >= 0.6 is 46.6 Å². The summed E-state index contributed by atoms with van der Waals surface area (Å²) in [6, 6.07) is 10.00. The molecule has 1 aliphatic heterocycles. The van der Waals surface area contributed by atoms with Crippen molar-refractivity contribution >= 4 is 52.5 Å². The number of hydrogen-bond acceptors (Lipinski definition) is 4. The fraction of sp³-hybridized carbons (Fsp3) is 0.412. The first-order valence-electron chi connectivity index (χ1n) is 8.02. The lowest BCUT2D eigenvalue weighted by Gasteiger charge is -2.34. The number of nitrogens with one attached hydrogen (secondary N) is 1. The van der Waals surface area contributed by atoms with Crippen LogP contribution in [0.5, 0.6) is 5.75 Å². The maximum absolute atomic E-state index is 6.15. The highest BCUT2D eigenvalue weighted by Gasteiger charge is 2.23. The SMILES string of the molecule is CN=C(NCc1ccon1)N1CCC(Oc2ccccc2I)CC1.I. The van der Waals surface area contributed by atoms with Crippen molar-refractivity contribution in [3.8, 4) is 5.75 Å². The first-order valence-corrected chi connectivity index (χ1v) is 9.10. The number of likely N-dealkylation sites (tertiary alicyclic amines) is 1. The number of rotatable bonds is 4. The lowest BCUT2D eigenvalue weighted by Crippen LogP contribution is -2.47. The Bertz CT molecular complexity index is 671. The smallest absolute Gasteiger partial charge is 0.193 e. The maximum Gasteiger partial charge on any atom is 0.193 e. The van der Waals surface area contributed by atoms with E-state index in [9.17, 15) is 0 Å². The fourth-order valence-corrected chi connectivity index (χ4v) is 3.25. The number of nitrogens with zero attached hydrogens (tertiary/aromatic N) is 3. The summed E-state index contributed by atoms with van der Waals surface area (Å²) in [4.78, 5) is 6.63. The summed E-state index contributed by atoms with van der Waals surface area (Å²) < 4.78 is 12.2. The molecule has 0 aliphatic carbocycles. The van der Waals surface area contributed by atoms with Crippen molar-refractivity contribution < 1.29 is 9.26 Å². The zero-order valence-corrected chi connectivity index (χ0v) is 18.5. The summed E-state index contributed by atoms with van der Waals surface area (Å²) in [6.45, 7) is 2.46. The van der Waals surface area contributed by atoms with E-state index in [1.807, 2.05) is 24.3 Å².